The molecule has 21 heavy (non-hydrogen) atoms. The second kappa shape index (κ2) is 5.38. The molecule has 1 amide bonds. The number of hydrogen-bond donors (Lipinski definition) is 2. The Kier molecular flexibility index (Phi) is 3.93. The third kappa shape index (κ3) is 3.01. The van der Waals surface area contributed by atoms with Crippen LogP contribution in [-0.4, -0.2) is 23.2 Å². The molecule has 0 radical (unpaired) electrons. The molecular formula is C14H14F3NO3. The molecule has 0 spiro atoms. The van der Waals surface area contributed by atoms with Crippen molar-refractivity contribution in [1.29, 1.82) is 0 Å². The van der Waals surface area contributed by atoms with Crippen molar-refractivity contribution < 1.29 is 27.9 Å². The van der Waals surface area contributed by atoms with Crippen molar-refractivity contribution in [2.45, 2.75) is 37.3 Å². The molecular weight excluding hydrogens is 287 g/mol. The molecule has 1 fully saturated rings. The van der Waals surface area contributed by atoms with Gasteiger partial charge in [0.1, 0.15) is 0 Å². The topological polar surface area (TPSA) is 66.4 Å². The fraction of sp³-hybridized carbons (Fsp3) is 0.429. The molecule has 0 aliphatic heterocycles. The number of alkyl halides is 3. The fourth-order valence-corrected chi connectivity index (χ4v) is 2.68. The smallest absolute Gasteiger partial charge is 0.471 e. The molecule has 0 aromatic heterocycles. The van der Waals surface area contributed by atoms with Crippen molar-refractivity contribution in [3.05, 3.63) is 29.8 Å². The van der Waals surface area contributed by atoms with Gasteiger partial charge in [-0.15, -0.1) is 0 Å². The number of halogens is 3. The third-order valence-electron chi connectivity index (χ3n) is 3.82. The number of benzene rings is 1. The molecule has 1 aliphatic rings. The molecule has 0 saturated heterocycles. The van der Waals surface area contributed by atoms with Crippen LogP contribution in [-0.2, 0) is 15.0 Å². The highest BCUT2D eigenvalue weighted by Crippen LogP contribution is 2.41. The van der Waals surface area contributed by atoms with Gasteiger partial charge in [0.05, 0.1) is 5.41 Å². The summed E-state index contributed by atoms with van der Waals surface area (Å²) in [7, 11) is 0. The molecule has 2 N–H and O–H groups in total. The number of carboxylic acids is 1. The maximum atomic E-state index is 12.1. The summed E-state index contributed by atoms with van der Waals surface area (Å²) in [5.74, 6) is -2.98. The average molecular weight is 301 g/mol. The van der Waals surface area contributed by atoms with Crippen molar-refractivity contribution >= 4 is 17.6 Å². The number of rotatable bonds is 3. The number of carbonyl (C=O) groups excluding carboxylic acids is 1. The molecule has 0 unspecified atom stereocenters. The Bertz CT molecular complexity index is 546. The Hall–Kier alpha value is -2.05. The van der Waals surface area contributed by atoms with Gasteiger partial charge in [-0.2, -0.15) is 13.2 Å². The van der Waals surface area contributed by atoms with Gasteiger partial charge in [-0.3, -0.25) is 9.59 Å². The third-order valence-corrected chi connectivity index (χ3v) is 3.82. The van der Waals surface area contributed by atoms with Crippen molar-refractivity contribution in [1.82, 2.24) is 0 Å². The first-order valence-corrected chi connectivity index (χ1v) is 6.48. The van der Waals surface area contributed by atoms with E-state index in [1.165, 1.54) is 24.3 Å². The second-order valence-electron chi connectivity index (χ2n) is 5.12. The monoisotopic (exact) mass is 301 g/mol. The van der Waals surface area contributed by atoms with Crippen LogP contribution in [0.3, 0.4) is 0 Å². The van der Waals surface area contributed by atoms with Crippen molar-refractivity contribution in [2.75, 3.05) is 5.32 Å². The first kappa shape index (κ1) is 15.3. The van der Waals surface area contributed by atoms with E-state index in [2.05, 4.69) is 0 Å². The van der Waals surface area contributed by atoms with Crippen LogP contribution in [0.5, 0.6) is 0 Å². The van der Waals surface area contributed by atoms with E-state index in [0.717, 1.165) is 12.8 Å². The van der Waals surface area contributed by atoms with Crippen LogP contribution in [0.1, 0.15) is 31.2 Å². The van der Waals surface area contributed by atoms with Gasteiger partial charge in [-0.05, 0) is 30.5 Å². The summed E-state index contributed by atoms with van der Waals surface area (Å²) in [5.41, 5.74) is -0.427. The van der Waals surface area contributed by atoms with E-state index in [4.69, 9.17) is 0 Å². The summed E-state index contributed by atoms with van der Waals surface area (Å²) in [6, 6.07) is 5.51. The zero-order valence-corrected chi connectivity index (χ0v) is 11.0. The number of anilines is 1. The SMILES string of the molecule is O=C(Nc1ccc(C2(C(=O)O)CCCC2)cc1)C(F)(F)F. The van der Waals surface area contributed by atoms with Gasteiger partial charge in [-0.25, -0.2) is 0 Å². The number of nitrogens with one attached hydrogen (secondary N) is 1. The van der Waals surface area contributed by atoms with Gasteiger partial charge in [-0.1, -0.05) is 25.0 Å². The Labute approximate surface area is 119 Å². The minimum absolute atomic E-state index is 0.0142. The highest BCUT2D eigenvalue weighted by molar-refractivity contribution is 5.95. The van der Waals surface area contributed by atoms with Gasteiger partial charge in [0.25, 0.3) is 0 Å². The summed E-state index contributed by atoms with van der Waals surface area (Å²) in [6.07, 6.45) is -2.32. The van der Waals surface area contributed by atoms with Crippen LogP contribution in [0.4, 0.5) is 18.9 Å². The van der Waals surface area contributed by atoms with Crippen LogP contribution in [0.2, 0.25) is 0 Å². The molecule has 1 saturated carbocycles. The molecule has 7 heteroatoms. The highest BCUT2D eigenvalue weighted by atomic mass is 19.4. The molecule has 0 atom stereocenters. The number of hydrogen-bond acceptors (Lipinski definition) is 2. The quantitative estimate of drug-likeness (QED) is 0.901. The van der Waals surface area contributed by atoms with Crippen LogP contribution in [0.15, 0.2) is 24.3 Å². The molecule has 1 aliphatic carbocycles. The summed E-state index contributed by atoms with van der Waals surface area (Å²) < 4.78 is 36.4. The predicted molar refractivity (Wildman–Crippen MR) is 68.9 cm³/mol. The van der Waals surface area contributed by atoms with E-state index >= 15 is 0 Å². The summed E-state index contributed by atoms with van der Waals surface area (Å²) >= 11 is 0. The lowest BCUT2D eigenvalue weighted by atomic mass is 9.79. The van der Waals surface area contributed by atoms with E-state index in [1.807, 2.05) is 0 Å². The van der Waals surface area contributed by atoms with Crippen LogP contribution in [0, 0.1) is 0 Å². The van der Waals surface area contributed by atoms with Crippen LogP contribution < -0.4 is 5.32 Å². The Morgan fingerprint density at radius 2 is 1.62 bits per heavy atom. The lowest BCUT2D eigenvalue weighted by molar-refractivity contribution is -0.167. The highest BCUT2D eigenvalue weighted by Gasteiger charge is 2.43. The Balaban J connectivity index is 2.19. The second-order valence-corrected chi connectivity index (χ2v) is 5.12. The molecule has 114 valence electrons. The van der Waals surface area contributed by atoms with E-state index in [1.54, 1.807) is 5.32 Å². The van der Waals surface area contributed by atoms with E-state index in [9.17, 15) is 27.9 Å². The fourth-order valence-electron chi connectivity index (χ4n) is 2.68. The van der Waals surface area contributed by atoms with Crippen molar-refractivity contribution in [2.24, 2.45) is 0 Å². The Morgan fingerprint density at radius 1 is 1.10 bits per heavy atom. The largest absolute Gasteiger partial charge is 0.481 e. The standard InChI is InChI=1S/C14H14F3NO3/c15-14(16,17)11(19)18-10-5-3-9(4-6-10)13(12(20)21)7-1-2-8-13/h3-6H,1-2,7-8H2,(H,18,19)(H,20,21). The van der Waals surface area contributed by atoms with Gasteiger partial charge in [0.2, 0.25) is 0 Å². The normalized spacial score (nSPS) is 17.5. The van der Waals surface area contributed by atoms with E-state index < -0.39 is 23.5 Å². The summed E-state index contributed by atoms with van der Waals surface area (Å²) in [4.78, 5) is 22.3. The predicted octanol–water partition coefficient (Wildman–Crippen LogP) is 3.08. The molecule has 0 bridgehead atoms. The zero-order valence-electron chi connectivity index (χ0n) is 11.0. The maximum Gasteiger partial charge on any atom is 0.471 e. The first-order valence-electron chi connectivity index (χ1n) is 6.48. The molecule has 0 heterocycles. The molecule has 1 aromatic rings. The van der Waals surface area contributed by atoms with Crippen LogP contribution in [0.25, 0.3) is 0 Å². The first-order chi connectivity index (χ1) is 9.75. The molecule has 1 aromatic carbocycles. The molecule has 2 rings (SSSR count). The van der Waals surface area contributed by atoms with Gasteiger partial charge in [0.15, 0.2) is 0 Å². The number of amides is 1. The number of aliphatic carboxylic acids is 1. The van der Waals surface area contributed by atoms with Gasteiger partial charge in [0, 0.05) is 5.69 Å². The van der Waals surface area contributed by atoms with Crippen LogP contribution >= 0.6 is 0 Å². The van der Waals surface area contributed by atoms with Gasteiger partial charge >= 0.3 is 18.1 Å². The van der Waals surface area contributed by atoms with E-state index in [-0.39, 0.29) is 5.69 Å². The minimum Gasteiger partial charge on any atom is -0.481 e. The Morgan fingerprint density at radius 3 is 2.05 bits per heavy atom. The molecule has 4 nitrogen and oxygen atoms in total. The number of carbonyl (C=O) groups is 2. The van der Waals surface area contributed by atoms with Crippen molar-refractivity contribution in [3.8, 4) is 0 Å². The average Bonchev–Trinajstić information content (AvgIpc) is 2.89. The lowest BCUT2D eigenvalue weighted by Gasteiger charge is -2.24. The van der Waals surface area contributed by atoms with Gasteiger partial charge < -0.3 is 10.4 Å². The minimum atomic E-state index is -4.95. The lowest BCUT2D eigenvalue weighted by Crippen LogP contribution is -2.32. The summed E-state index contributed by atoms with van der Waals surface area (Å²) in [5, 5.41) is 11.2. The zero-order chi connectivity index (χ0) is 15.7. The number of carboxylic acid groups (broad SMARTS) is 1. The van der Waals surface area contributed by atoms with E-state index in [0.29, 0.717) is 18.4 Å². The van der Waals surface area contributed by atoms with Crippen molar-refractivity contribution in [3.63, 3.8) is 0 Å². The maximum absolute atomic E-state index is 12.1. The summed E-state index contributed by atoms with van der Waals surface area (Å²) in [6.45, 7) is 0.